The molecule has 7 rings (SSSR count). The number of fused-ring (bicyclic) bond motifs is 6. The number of aliphatic hydroxyl groups is 1. The van der Waals surface area contributed by atoms with Crippen molar-refractivity contribution < 1.29 is 24.1 Å². The van der Waals surface area contributed by atoms with E-state index in [9.17, 15) is 5.11 Å². The molecular weight excluding hydrogens is 466 g/mol. The van der Waals surface area contributed by atoms with Gasteiger partial charge in [0.15, 0.2) is 11.6 Å². The molecule has 6 atom stereocenters. The molecule has 5 fully saturated rings. The topological polar surface area (TPSA) is 60.4 Å². The average molecular weight is 510 g/mol. The Morgan fingerprint density at radius 1 is 0.865 bits per heavy atom. The molecule has 0 amide bonds. The van der Waals surface area contributed by atoms with Gasteiger partial charge in [-0.15, -0.1) is 0 Å². The fourth-order valence-corrected chi connectivity index (χ4v) is 9.90. The van der Waals surface area contributed by atoms with E-state index in [0.29, 0.717) is 44.7 Å². The summed E-state index contributed by atoms with van der Waals surface area (Å²) in [5.74, 6) is -0.117. The van der Waals surface area contributed by atoms with Crippen molar-refractivity contribution in [2.75, 3.05) is 45.4 Å². The van der Waals surface area contributed by atoms with E-state index in [1.54, 1.807) is 0 Å². The van der Waals surface area contributed by atoms with E-state index in [0.717, 1.165) is 49.8 Å². The molecule has 6 heteroatoms. The predicted octanol–water partition coefficient (Wildman–Crippen LogP) is 5.00. The zero-order chi connectivity index (χ0) is 25.7. The summed E-state index contributed by atoms with van der Waals surface area (Å²) in [7, 11) is 4.13. The normalized spacial score (nSPS) is 43.4. The van der Waals surface area contributed by atoms with Crippen molar-refractivity contribution in [1.29, 1.82) is 0 Å². The van der Waals surface area contributed by atoms with Gasteiger partial charge in [0.25, 0.3) is 0 Å². The Hall–Kier alpha value is -1.44. The first-order valence-electron chi connectivity index (χ1n) is 14.4. The number of anilines is 1. The lowest BCUT2D eigenvalue weighted by atomic mass is 9.42. The molecular formula is C31H43NO5. The Morgan fingerprint density at radius 2 is 1.54 bits per heavy atom. The third-order valence-corrected chi connectivity index (χ3v) is 11.5. The van der Waals surface area contributed by atoms with Gasteiger partial charge in [0.2, 0.25) is 0 Å². The maximum absolute atomic E-state index is 13.2. The molecule has 4 aliphatic carbocycles. The fourth-order valence-electron chi connectivity index (χ4n) is 9.90. The van der Waals surface area contributed by atoms with Crippen molar-refractivity contribution >= 4 is 5.69 Å². The number of benzene rings is 1. The van der Waals surface area contributed by atoms with E-state index >= 15 is 0 Å². The number of hydrogen-bond donors (Lipinski definition) is 1. The van der Waals surface area contributed by atoms with Crippen molar-refractivity contribution in [3.63, 3.8) is 0 Å². The molecule has 3 saturated carbocycles. The van der Waals surface area contributed by atoms with Gasteiger partial charge in [-0.2, -0.15) is 0 Å². The summed E-state index contributed by atoms with van der Waals surface area (Å²) in [4.78, 5) is 2.12. The van der Waals surface area contributed by atoms with Gasteiger partial charge in [0.1, 0.15) is 0 Å². The number of hydrogen-bond acceptors (Lipinski definition) is 6. The molecule has 2 saturated heterocycles. The summed E-state index contributed by atoms with van der Waals surface area (Å²) in [6.07, 6.45) is 8.95. The summed E-state index contributed by atoms with van der Waals surface area (Å²) >= 11 is 0. The quantitative estimate of drug-likeness (QED) is 0.567. The highest BCUT2D eigenvalue weighted by molar-refractivity contribution is 5.48. The second-order valence-electron chi connectivity index (χ2n) is 13.3. The number of allylic oxidation sites excluding steroid dienone is 1. The van der Waals surface area contributed by atoms with E-state index in [1.165, 1.54) is 5.57 Å². The molecule has 0 radical (unpaired) electrons. The molecule has 0 aromatic heterocycles. The van der Waals surface area contributed by atoms with Crippen LogP contribution >= 0.6 is 0 Å². The van der Waals surface area contributed by atoms with E-state index in [1.807, 2.05) is 0 Å². The molecule has 2 heterocycles. The lowest BCUT2D eigenvalue weighted by Gasteiger charge is -2.65. The van der Waals surface area contributed by atoms with Crippen LogP contribution < -0.4 is 4.90 Å². The molecule has 0 unspecified atom stereocenters. The van der Waals surface area contributed by atoms with Crippen molar-refractivity contribution in [1.82, 2.24) is 0 Å². The predicted molar refractivity (Wildman–Crippen MR) is 141 cm³/mol. The van der Waals surface area contributed by atoms with Crippen LogP contribution in [0.25, 0.3) is 0 Å². The van der Waals surface area contributed by atoms with Crippen LogP contribution in [-0.4, -0.2) is 57.2 Å². The second kappa shape index (κ2) is 8.04. The zero-order valence-corrected chi connectivity index (χ0v) is 22.9. The largest absolute Gasteiger partial charge is 0.385 e. The third kappa shape index (κ3) is 3.23. The van der Waals surface area contributed by atoms with E-state index in [-0.39, 0.29) is 16.7 Å². The van der Waals surface area contributed by atoms with E-state index < -0.39 is 17.2 Å². The van der Waals surface area contributed by atoms with Crippen LogP contribution in [0, 0.1) is 28.6 Å². The summed E-state index contributed by atoms with van der Waals surface area (Å²) in [6.45, 7) is 7.41. The minimum atomic E-state index is -0.983. The monoisotopic (exact) mass is 509 g/mol. The minimum Gasteiger partial charge on any atom is -0.385 e. The molecule has 1 N–H and O–H groups in total. The molecule has 2 spiro atoms. The van der Waals surface area contributed by atoms with Crippen LogP contribution in [0.5, 0.6) is 0 Å². The van der Waals surface area contributed by atoms with Gasteiger partial charge in [-0.05, 0) is 73.1 Å². The third-order valence-electron chi connectivity index (χ3n) is 11.5. The van der Waals surface area contributed by atoms with Crippen molar-refractivity contribution in [2.45, 2.75) is 76.0 Å². The molecule has 37 heavy (non-hydrogen) atoms. The Bertz CT molecular complexity index is 1090. The van der Waals surface area contributed by atoms with Crippen LogP contribution in [-0.2, 0) is 24.5 Å². The van der Waals surface area contributed by atoms with Gasteiger partial charge < -0.3 is 29.0 Å². The number of nitrogens with zero attached hydrogens (tertiary/aromatic N) is 1. The minimum absolute atomic E-state index is 0.104. The van der Waals surface area contributed by atoms with E-state index in [4.69, 9.17) is 18.9 Å². The van der Waals surface area contributed by atoms with Gasteiger partial charge in [-0.25, -0.2) is 0 Å². The van der Waals surface area contributed by atoms with Crippen molar-refractivity contribution in [2.24, 2.45) is 28.6 Å². The maximum Gasteiger partial charge on any atom is 0.188 e. The smallest absolute Gasteiger partial charge is 0.188 e. The Morgan fingerprint density at radius 3 is 2.22 bits per heavy atom. The summed E-state index contributed by atoms with van der Waals surface area (Å²) in [6, 6.07) is 8.65. The van der Waals surface area contributed by atoms with E-state index in [2.05, 4.69) is 63.2 Å². The summed E-state index contributed by atoms with van der Waals surface area (Å²) in [5, 5.41) is 13.2. The van der Waals surface area contributed by atoms with Gasteiger partial charge in [0.05, 0.1) is 32.0 Å². The lowest BCUT2D eigenvalue weighted by Crippen LogP contribution is -2.64. The first-order valence-corrected chi connectivity index (χ1v) is 14.4. The van der Waals surface area contributed by atoms with Gasteiger partial charge >= 0.3 is 0 Å². The highest BCUT2D eigenvalue weighted by Gasteiger charge is 2.72. The molecule has 1 aromatic carbocycles. The van der Waals surface area contributed by atoms with Crippen LogP contribution in [0.3, 0.4) is 0 Å². The first kappa shape index (κ1) is 24.6. The molecule has 2 aliphatic heterocycles. The summed E-state index contributed by atoms with van der Waals surface area (Å²) < 4.78 is 25.2. The second-order valence-corrected chi connectivity index (χ2v) is 13.3. The Kier molecular flexibility index (Phi) is 5.35. The zero-order valence-electron chi connectivity index (χ0n) is 22.9. The van der Waals surface area contributed by atoms with Crippen molar-refractivity contribution in [3.05, 3.63) is 41.5 Å². The van der Waals surface area contributed by atoms with Crippen LogP contribution in [0.2, 0.25) is 0 Å². The molecule has 202 valence electrons. The SMILES string of the molecule is CN(C)c1ccc([C@]2(O)C[C@@]3(C)[C@@H](CCC34OCCO4)[C@@H]3CCC4=CC5(CC[C@]4(C)[C@H]32)OCCO5)cc1. The molecule has 6 nitrogen and oxygen atoms in total. The summed E-state index contributed by atoms with van der Waals surface area (Å²) in [5.41, 5.74) is 2.29. The average Bonchev–Trinajstić information content (AvgIpc) is 3.61. The Labute approximate surface area is 221 Å². The van der Waals surface area contributed by atoms with Gasteiger partial charge in [-0.1, -0.05) is 31.6 Å². The Balaban J connectivity index is 1.37. The molecule has 6 aliphatic rings. The molecule has 1 aromatic rings. The standard InChI is InChI=1S/C31H43NO5/c1-27-13-14-29(34-15-16-35-29)19-22(27)7-10-24-25-11-12-31(36-17-18-37-31)28(25,2)20-30(33,26(24)27)21-5-8-23(9-6-21)32(3)4/h5-6,8-9,19,24-26,33H,7,10-18,20H2,1-4H3/t24-,25-,26-,27-,28-,30+/m0/s1. The lowest BCUT2D eigenvalue weighted by molar-refractivity contribution is -0.281. The highest BCUT2D eigenvalue weighted by atomic mass is 16.7. The number of rotatable bonds is 2. The van der Waals surface area contributed by atoms with Gasteiger partial charge in [0, 0.05) is 44.0 Å². The van der Waals surface area contributed by atoms with Crippen LogP contribution in [0.15, 0.2) is 35.9 Å². The maximum atomic E-state index is 13.2. The van der Waals surface area contributed by atoms with Crippen LogP contribution in [0.4, 0.5) is 5.69 Å². The fraction of sp³-hybridized carbons (Fsp3) is 0.742. The van der Waals surface area contributed by atoms with Crippen molar-refractivity contribution in [3.8, 4) is 0 Å². The first-order chi connectivity index (χ1) is 17.6. The highest BCUT2D eigenvalue weighted by Crippen LogP contribution is 2.73. The van der Waals surface area contributed by atoms with Gasteiger partial charge in [-0.3, -0.25) is 0 Å². The number of ether oxygens (including phenoxy) is 4. The molecule has 0 bridgehead atoms. The van der Waals surface area contributed by atoms with Crippen LogP contribution in [0.1, 0.15) is 64.4 Å².